The van der Waals surface area contributed by atoms with E-state index >= 15 is 0 Å². The smallest absolute Gasteiger partial charge is 0.311 e. The topological polar surface area (TPSA) is 35.5 Å². The third kappa shape index (κ3) is 20.2. The Balaban J connectivity index is 0.000000380. The maximum absolute atomic E-state index is 11.6. The minimum absolute atomic E-state index is 0.116. The van der Waals surface area contributed by atoms with Crippen LogP contribution in [-0.4, -0.2) is 11.0 Å². The Bertz CT molecular complexity index is 796. The van der Waals surface area contributed by atoms with Gasteiger partial charge in [0, 0.05) is 20.0 Å². The minimum atomic E-state index is -0.116. The number of benzene rings is 2. The van der Waals surface area contributed by atoms with Crippen molar-refractivity contribution in [3.63, 3.8) is 0 Å². The molecule has 0 fully saturated rings. The number of ether oxygens (including phenoxy) is 2. The lowest BCUT2D eigenvalue weighted by Gasteiger charge is -2.07. The first-order chi connectivity index (χ1) is 18.4. The first-order valence-electron chi connectivity index (χ1n) is 14.4. The number of carbonyl (C=O) groups is 1. The summed E-state index contributed by atoms with van der Waals surface area (Å²) in [4.78, 5) is 11.6. The van der Waals surface area contributed by atoms with E-state index in [-0.39, 0.29) is 5.97 Å². The zero-order valence-electron chi connectivity index (χ0n) is 23.3. The van der Waals surface area contributed by atoms with E-state index in [4.69, 9.17) is 21.7 Å². The van der Waals surface area contributed by atoms with Crippen LogP contribution in [0.4, 0.5) is 0 Å². The van der Waals surface area contributed by atoms with Crippen LogP contribution >= 0.6 is 57.4 Å². The zero-order chi connectivity index (χ0) is 27.8. The van der Waals surface area contributed by atoms with Gasteiger partial charge in [-0.1, -0.05) is 90.9 Å². The SMILES string of the molecule is CCCCCCCCCC(=O)Oc1ccc(I)cc1.CCCCCCCCCC(=S)Oc1ccc(I)cc1. The summed E-state index contributed by atoms with van der Waals surface area (Å²) < 4.78 is 13.3. The molecule has 0 aliphatic carbocycles. The van der Waals surface area contributed by atoms with E-state index in [9.17, 15) is 4.79 Å². The normalized spacial score (nSPS) is 10.4. The lowest BCUT2D eigenvalue weighted by molar-refractivity contribution is -0.134. The van der Waals surface area contributed by atoms with E-state index in [1.165, 1.54) is 74.2 Å². The van der Waals surface area contributed by atoms with Crippen molar-refractivity contribution < 1.29 is 14.3 Å². The van der Waals surface area contributed by atoms with Gasteiger partial charge in [0.25, 0.3) is 0 Å². The number of unbranched alkanes of at least 4 members (excludes halogenated alkanes) is 12. The molecule has 0 atom stereocenters. The average molecular weight is 765 g/mol. The second kappa shape index (κ2) is 24.1. The van der Waals surface area contributed by atoms with Crippen molar-refractivity contribution in [2.45, 2.75) is 117 Å². The molecule has 3 nitrogen and oxygen atoms in total. The molecule has 0 aliphatic heterocycles. The van der Waals surface area contributed by atoms with Gasteiger partial charge in [0.2, 0.25) is 0 Å². The van der Waals surface area contributed by atoms with E-state index in [0.29, 0.717) is 12.2 Å². The fourth-order valence-electron chi connectivity index (χ4n) is 3.82. The highest BCUT2D eigenvalue weighted by Crippen LogP contribution is 2.17. The van der Waals surface area contributed by atoms with Crippen LogP contribution in [0.1, 0.15) is 117 Å². The fraction of sp³-hybridized carbons (Fsp3) is 0.562. The summed E-state index contributed by atoms with van der Waals surface area (Å²) in [5, 5.41) is 0.717. The third-order valence-corrected chi connectivity index (χ3v) is 7.79. The van der Waals surface area contributed by atoms with Crippen molar-refractivity contribution in [2.24, 2.45) is 0 Å². The number of hydrogen-bond acceptors (Lipinski definition) is 4. The first kappa shape index (κ1) is 35.3. The molecule has 212 valence electrons. The summed E-state index contributed by atoms with van der Waals surface area (Å²) in [6.07, 6.45) is 19.1. The summed E-state index contributed by atoms with van der Waals surface area (Å²) >= 11 is 9.78. The van der Waals surface area contributed by atoms with E-state index in [1.807, 2.05) is 48.5 Å². The van der Waals surface area contributed by atoms with Crippen LogP contribution in [0.5, 0.6) is 11.5 Å². The van der Waals surface area contributed by atoms with Crippen molar-refractivity contribution in [1.82, 2.24) is 0 Å². The van der Waals surface area contributed by atoms with Gasteiger partial charge in [-0.3, -0.25) is 4.79 Å². The molecule has 0 bridgehead atoms. The molecule has 0 saturated heterocycles. The molecule has 0 spiro atoms. The Labute approximate surface area is 264 Å². The molecular formula is C32H46I2O3S. The lowest BCUT2D eigenvalue weighted by atomic mass is 10.1. The lowest BCUT2D eigenvalue weighted by Crippen LogP contribution is -2.07. The second-order valence-electron chi connectivity index (χ2n) is 9.60. The zero-order valence-corrected chi connectivity index (χ0v) is 28.5. The van der Waals surface area contributed by atoms with Gasteiger partial charge in [-0.25, -0.2) is 0 Å². The predicted molar refractivity (Wildman–Crippen MR) is 182 cm³/mol. The van der Waals surface area contributed by atoms with E-state index < -0.39 is 0 Å². The summed E-state index contributed by atoms with van der Waals surface area (Å²) in [5.41, 5.74) is 0. The van der Waals surface area contributed by atoms with Crippen molar-refractivity contribution in [3.8, 4) is 11.5 Å². The minimum Gasteiger partial charge on any atom is -0.450 e. The molecule has 0 amide bonds. The van der Waals surface area contributed by atoms with Crippen molar-refractivity contribution >= 4 is 68.4 Å². The summed E-state index contributed by atoms with van der Waals surface area (Å²) in [7, 11) is 0. The predicted octanol–water partition coefficient (Wildman–Crippen LogP) is 11.5. The van der Waals surface area contributed by atoms with Crippen LogP contribution in [0.2, 0.25) is 0 Å². The van der Waals surface area contributed by atoms with Crippen LogP contribution in [0, 0.1) is 7.14 Å². The summed E-state index contributed by atoms with van der Waals surface area (Å²) in [5.74, 6) is 1.39. The van der Waals surface area contributed by atoms with Gasteiger partial charge >= 0.3 is 5.97 Å². The molecule has 0 unspecified atom stereocenters. The molecule has 2 rings (SSSR count). The van der Waals surface area contributed by atoms with Crippen LogP contribution in [0.25, 0.3) is 0 Å². The summed E-state index contributed by atoms with van der Waals surface area (Å²) in [6, 6.07) is 15.6. The van der Waals surface area contributed by atoms with Gasteiger partial charge < -0.3 is 9.47 Å². The Morgan fingerprint density at radius 3 is 1.39 bits per heavy atom. The fourth-order valence-corrected chi connectivity index (χ4v) is 4.78. The summed E-state index contributed by atoms with van der Waals surface area (Å²) in [6.45, 7) is 4.47. The number of rotatable bonds is 18. The molecule has 6 heteroatoms. The van der Waals surface area contributed by atoms with Crippen LogP contribution in [-0.2, 0) is 4.79 Å². The first-order valence-corrected chi connectivity index (χ1v) is 16.9. The molecule has 38 heavy (non-hydrogen) atoms. The number of hydrogen-bond donors (Lipinski definition) is 0. The maximum atomic E-state index is 11.6. The third-order valence-electron chi connectivity index (χ3n) is 6.06. The average Bonchev–Trinajstić information content (AvgIpc) is 2.91. The Kier molecular flexibility index (Phi) is 22.4. The van der Waals surface area contributed by atoms with Gasteiger partial charge in [-0.05, 0) is 119 Å². The maximum Gasteiger partial charge on any atom is 0.311 e. The van der Waals surface area contributed by atoms with Gasteiger partial charge in [0.05, 0.1) is 0 Å². The molecule has 2 aromatic rings. The highest BCUT2D eigenvalue weighted by Gasteiger charge is 2.04. The number of carbonyl (C=O) groups excluding carboxylic acids is 1. The van der Waals surface area contributed by atoms with Gasteiger partial charge in [-0.2, -0.15) is 0 Å². The highest BCUT2D eigenvalue weighted by molar-refractivity contribution is 14.1. The molecule has 0 aliphatic rings. The highest BCUT2D eigenvalue weighted by atomic mass is 127. The number of halogens is 2. The van der Waals surface area contributed by atoms with Crippen molar-refractivity contribution in [3.05, 3.63) is 55.7 Å². The standard InChI is InChI=1S/C16H23IO2.C16H23IOS/c1-2-3-4-5-6-7-8-9-16(18)19-15-12-10-14(17)11-13-15;1-2-3-4-5-6-7-8-9-16(19)18-15-12-10-14(17)11-13-15/h2*10-13H,2-9H2,1H3. The van der Waals surface area contributed by atoms with Gasteiger partial charge in [0.15, 0.2) is 5.05 Å². The Morgan fingerprint density at radius 2 is 0.947 bits per heavy atom. The van der Waals surface area contributed by atoms with E-state index in [2.05, 4.69) is 59.0 Å². The molecule has 0 N–H and O–H groups in total. The largest absolute Gasteiger partial charge is 0.450 e. The number of thiocarbonyl (C=S) groups is 1. The number of esters is 1. The van der Waals surface area contributed by atoms with Crippen LogP contribution in [0.3, 0.4) is 0 Å². The molecule has 0 heterocycles. The van der Waals surface area contributed by atoms with Crippen LogP contribution < -0.4 is 9.47 Å². The quantitative estimate of drug-likeness (QED) is 0.0498. The molecule has 0 saturated carbocycles. The molecule has 0 radical (unpaired) electrons. The van der Waals surface area contributed by atoms with Crippen molar-refractivity contribution in [2.75, 3.05) is 0 Å². The second-order valence-corrected chi connectivity index (χ2v) is 12.5. The van der Waals surface area contributed by atoms with Gasteiger partial charge in [-0.15, -0.1) is 0 Å². The Morgan fingerprint density at radius 1 is 0.579 bits per heavy atom. The van der Waals surface area contributed by atoms with Crippen molar-refractivity contribution in [1.29, 1.82) is 0 Å². The Hall–Kier alpha value is -0.740. The molecule has 2 aromatic carbocycles. The molecular weight excluding hydrogens is 718 g/mol. The van der Waals surface area contributed by atoms with E-state index in [0.717, 1.165) is 40.1 Å². The van der Waals surface area contributed by atoms with E-state index in [1.54, 1.807) is 0 Å². The van der Waals surface area contributed by atoms with Crippen LogP contribution in [0.15, 0.2) is 48.5 Å². The monoisotopic (exact) mass is 764 g/mol. The molecule has 0 aromatic heterocycles. The van der Waals surface area contributed by atoms with Gasteiger partial charge in [0.1, 0.15) is 11.5 Å².